The molecular weight excluding hydrogens is 420 g/mol. The van der Waals surface area contributed by atoms with E-state index >= 15 is 0 Å². The molecule has 0 N–H and O–H groups in total. The average molecular weight is 441 g/mol. The number of hydrogen-bond acceptors (Lipinski definition) is 5. The molecule has 0 radical (unpaired) electrons. The van der Waals surface area contributed by atoms with Crippen LogP contribution in [0.25, 0.3) is 22.6 Å². The van der Waals surface area contributed by atoms with E-state index in [0.717, 1.165) is 45.8 Å². The molecule has 0 saturated heterocycles. The summed E-state index contributed by atoms with van der Waals surface area (Å²) in [6, 6.07) is 28.6. The summed E-state index contributed by atoms with van der Waals surface area (Å²) in [5, 5.41) is 14.5. The summed E-state index contributed by atoms with van der Waals surface area (Å²) in [5.74, 6) is 3.19. The molecule has 0 saturated carbocycles. The molecule has 0 amide bonds. The fraction of sp³-hybridized carbons (Fsp3) is 0.125. The Balaban J connectivity index is 1.33. The van der Waals surface area contributed by atoms with Crippen molar-refractivity contribution in [3.8, 4) is 5.75 Å². The van der Waals surface area contributed by atoms with Crippen LogP contribution in [0.2, 0.25) is 0 Å². The van der Waals surface area contributed by atoms with Gasteiger partial charge in [-0.2, -0.15) is 4.52 Å². The van der Waals surface area contributed by atoms with E-state index in [-0.39, 0.29) is 0 Å². The van der Waals surface area contributed by atoms with E-state index in [1.165, 1.54) is 5.56 Å². The Morgan fingerprint density at radius 1 is 0.750 bits per heavy atom. The minimum Gasteiger partial charge on any atom is -0.493 e. The highest BCUT2D eigenvalue weighted by Crippen LogP contribution is 2.25. The molecule has 6 aromatic rings. The normalized spacial score (nSPS) is 11.6. The van der Waals surface area contributed by atoms with Gasteiger partial charge in [-0.1, -0.05) is 72.4 Å². The third-order valence-electron chi connectivity index (χ3n) is 5.35. The number of rotatable bonds is 7. The van der Waals surface area contributed by atoms with Gasteiger partial charge in [-0.25, -0.2) is 4.40 Å². The molecule has 7 nitrogen and oxygen atoms in total. The van der Waals surface area contributed by atoms with Gasteiger partial charge >= 0.3 is 0 Å². The van der Waals surface area contributed by atoms with E-state index in [1.807, 2.05) is 47.0 Å². The number of imidazole rings is 1. The summed E-state index contributed by atoms with van der Waals surface area (Å²) >= 11 is 1.59. The highest BCUT2D eigenvalue weighted by atomic mass is 32.2. The molecule has 0 spiro atoms. The standard InChI is InChI=1S/C24H20N6OS/c1-3-9-18(10-4-1)17-28-20-13-7-8-14-21(20)29-22-25-26-24(30(22)27-23(28)29)32-16-15-31-19-11-5-2-6-12-19/h1-14H,15-17H2. The average Bonchev–Trinajstić information content (AvgIpc) is 3.49. The van der Waals surface area contributed by atoms with Crippen molar-refractivity contribution in [2.75, 3.05) is 12.4 Å². The lowest BCUT2D eigenvalue weighted by molar-refractivity contribution is 0.344. The molecule has 0 bridgehead atoms. The first-order valence-electron chi connectivity index (χ1n) is 10.4. The van der Waals surface area contributed by atoms with E-state index in [0.29, 0.717) is 6.61 Å². The molecule has 8 heteroatoms. The number of thioether (sulfide) groups is 1. The highest BCUT2D eigenvalue weighted by molar-refractivity contribution is 7.99. The van der Waals surface area contributed by atoms with Gasteiger partial charge in [0.1, 0.15) is 5.75 Å². The van der Waals surface area contributed by atoms with Crippen molar-refractivity contribution in [2.45, 2.75) is 11.7 Å². The van der Waals surface area contributed by atoms with E-state index in [2.05, 4.69) is 61.6 Å². The minimum atomic E-state index is 0.583. The molecule has 0 fully saturated rings. The quantitative estimate of drug-likeness (QED) is 0.269. The summed E-state index contributed by atoms with van der Waals surface area (Å²) in [5.41, 5.74) is 3.41. The van der Waals surface area contributed by atoms with Crippen LogP contribution in [-0.2, 0) is 6.54 Å². The van der Waals surface area contributed by atoms with Crippen LogP contribution in [0.5, 0.6) is 5.75 Å². The van der Waals surface area contributed by atoms with E-state index in [4.69, 9.17) is 9.84 Å². The van der Waals surface area contributed by atoms with Crippen LogP contribution in [0.1, 0.15) is 5.56 Å². The zero-order chi connectivity index (χ0) is 21.3. The molecule has 3 aromatic carbocycles. The molecule has 6 rings (SSSR count). The second-order valence-electron chi connectivity index (χ2n) is 7.40. The van der Waals surface area contributed by atoms with E-state index in [1.54, 1.807) is 11.8 Å². The first-order chi connectivity index (χ1) is 15.9. The maximum absolute atomic E-state index is 5.80. The van der Waals surface area contributed by atoms with E-state index < -0.39 is 0 Å². The topological polar surface area (TPSA) is 61.7 Å². The predicted octanol–water partition coefficient (Wildman–Crippen LogP) is 4.55. The fourth-order valence-electron chi connectivity index (χ4n) is 3.91. The molecule has 3 heterocycles. The van der Waals surface area contributed by atoms with Gasteiger partial charge < -0.3 is 9.30 Å². The van der Waals surface area contributed by atoms with Crippen LogP contribution >= 0.6 is 11.8 Å². The van der Waals surface area contributed by atoms with E-state index in [9.17, 15) is 0 Å². The third-order valence-corrected chi connectivity index (χ3v) is 6.23. The van der Waals surface area contributed by atoms with Gasteiger partial charge in [0, 0.05) is 5.75 Å². The highest BCUT2D eigenvalue weighted by Gasteiger charge is 2.20. The van der Waals surface area contributed by atoms with Crippen LogP contribution in [0.15, 0.2) is 90.1 Å². The monoisotopic (exact) mass is 440 g/mol. The summed E-state index contributed by atoms with van der Waals surface area (Å²) < 4.78 is 11.9. The molecule has 0 aliphatic heterocycles. The summed E-state index contributed by atoms with van der Waals surface area (Å²) in [6.07, 6.45) is 0. The molecule has 0 aliphatic carbocycles. The second kappa shape index (κ2) is 8.05. The second-order valence-corrected chi connectivity index (χ2v) is 8.46. The first-order valence-corrected chi connectivity index (χ1v) is 11.4. The molecule has 0 atom stereocenters. The number of ether oxygens (including phenoxy) is 1. The van der Waals surface area contributed by atoms with Crippen molar-refractivity contribution in [3.63, 3.8) is 0 Å². The van der Waals surface area contributed by atoms with Crippen molar-refractivity contribution in [2.24, 2.45) is 0 Å². The Bertz CT molecular complexity index is 1500. The van der Waals surface area contributed by atoms with Crippen molar-refractivity contribution in [1.82, 2.24) is 28.8 Å². The first kappa shape index (κ1) is 18.9. The van der Waals surface area contributed by atoms with Crippen LogP contribution in [-0.4, -0.2) is 41.1 Å². The Hall–Kier alpha value is -3.78. The molecule has 0 aliphatic rings. The van der Waals surface area contributed by atoms with Crippen molar-refractivity contribution >= 4 is 34.4 Å². The Morgan fingerprint density at radius 2 is 1.47 bits per heavy atom. The smallest absolute Gasteiger partial charge is 0.260 e. The summed E-state index contributed by atoms with van der Waals surface area (Å²) in [6.45, 7) is 1.32. The van der Waals surface area contributed by atoms with Crippen LogP contribution in [0.4, 0.5) is 0 Å². The minimum absolute atomic E-state index is 0.583. The van der Waals surface area contributed by atoms with Gasteiger partial charge in [0.25, 0.3) is 5.78 Å². The zero-order valence-electron chi connectivity index (χ0n) is 17.2. The van der Waals surface area contributed by atoms with Gasteiger partial charge in [-0.15, -0.1) is 15.3 Å². The third kappa shape index (κ3) is 3.29. The van der Waals surface area contributed by atoms with Crippen molar-refractivity contribution < 1.29 is 4.74 Å². The van der Waals surface area contributed by atoms with Gasteiger partial charge in [0.2, 0.25) is 10.9 Å². The van der Waals surface area contributed by atoms with Crippen LogP contribution < -0.4 is 4.74 Å². The number of fused-ring (bicyclic) bond motifs is 5. The van der Waals surface area contributed by atoms with Crippen molar-refractivity contribution in [3.05, 3.63) is 90.5 Å². The summed E-state index contributed by atoms with van der Waals surface area (Å²) in [7, 11) is 0. The molecule has 3 aromatic heterocycles. The number of benzene rings is 3. The Labute approximate surface area is 188 Å². The maximum atomic E-state index is 5.80. The van der Waals surface area contributed by atoms with Crippen LogP contribution in [0.3, 0.4) is 0 Å². The maximum Gasteiger partial charge on any atom is 0.260 e. The number of nitrogens with zero attached hydrogens (tertiary/aromatic N) is 6. The van der Waals surface area contributed by atoms with Crippen molar-refractivity contribution in [1.29, 1.82) is 0 Å². The van der Waals surface area contributed by atoms with Gasteiger partial charge in [0.05, 0.1) is 24.2 Å². The lowest BCUT2D eigenvalue weighted by Crippen LogP contribution is -2.02. The van der Waals surface area contributed by atoms with Gasteiger partial charge in [-0.05, 0) is 29.8 Å². The number of aromatic nitrogens is 6. The molecular formula is C24H20N6OS. The largest absolute Gasteiger partial charge is 0.493 e. The predicted molar refractivity (Wildman–Crippen MR) is 125 cm³/mol. The summed E-state index contributed by atoms with van der Waals surface area (Å²) in [4.78, 5) is 0. The molecule has 32 heavy (non-hydrogen) atoms. The number of para-hydroxylation sites is 3. The Kier molecular flexibility index (Phi) is 4.77. The Morgan fingerprint density at radius 3 is 2.28 bits per heavy atom. The number of hydrogen-bond donors (Lipinski definition) is 0. The molecule has 0 unspecified atom stereocenters. The molecule has 158 valence electrons. The van der Waals surface area contributed by atoms with Crippen LogP contribution in [0, 0.1) is 0 Å². The van der Waals surface area contributed by atoms with Gasteiger partial charge in [0.15, 0.2) is 0 Å². The fourth-order valence-corrected chi connectivity index (χ4v) is 4.60. The van der Waals surface area contributed by atoms with Gasteiger partial charge in [-0.3, -0.25) is 0 Å². The zero-order valence-corrected chi connectivity index (χ0v) is 18.0. The lowest BCUT2D eigenvalue weighted by atomic mass is 10.2. The SMILES string of the molecule is c1ccc(Cn2c3ccccc3n3c2nn2c(SCCOc4ccccc4)nnc23)cc1. The lowest BCUT2D eigenvalue weighted by Gasteiger charge is -2.05.